The highest BCUT2D eigenvalue weighted by atomic mass is 35.5. The van der Waals surface area contributed by atoms with Gasteiger partial charge in [0.1, 0.15) is 11.2 Å². The Bertz CT molecular complexity index is 3890. The molecule has 8 aromatic carbocycles. The SMILES string of the molecule is Cc1cc(N(c2ccc3oc4ccccc4c3c2)c2csc3ccc(-c4ccccc4)cc23)c(Cl)c(N2c3ccc(C(C)(C)C)cc3-n3c4ccc(C(C)(C)C)cc4c4cc(C(C)(C)C)cc2c43)c1. The summed E-state index contributed by atoms with van der Waals surface area (Å²) in [4.78, 5) is 4.85. The third-order valence-corrected chi connectivity index (χ3v) is 15.7. The molecule has 69 heavy (non-hydrogen) atoms. The predicted octanol–water partition coefficient (Wildman–Crippen LogP) is 19.7. The van der Waals surface area contributed by atoms with Crippen LogP contribution in [0.3, 0.4) is 0 Å². The van der Waals surface area contributed by atoms with Gasteiger partial charge in [-0.2, -0.15) is 0 Å². The van der Waals surface area contributed by atoms with Crippen molar-refractivity contribution >= 4 is 111 Å². The summed E-state index contributed by atoms with van der Waals surface area (Å²) in [6, 6.07) is 55.9. The Balaban J connectivity index is 1.16. The average Bonchev–Trinajstić information content (AvgIpc) is 4.01. The number of hydrogen-bond donors (Lipinski definition) is 0. The van der Waals surface area contributed by atoms with E-state index >= 15 is 0 Å². The van der Waals surface area contributed by atoms with Crippen LogP contribution in [0.1, 0.15) is 84.6 Å². The minimum absolute atomic E-state index is 0.0138. The summed E-state index contributed by atoms with van der Waals surface area (Å²) >= 11 is 10.0. The van der Waals surface area contributed by atoms with Crippen LogP contribution in [0.15, 0.2) is 161 Å². The van der Waals surface area contributed by atoms with Gasteiger partial charge in [0.15, 0.2) is 0 Å². The van der Waals surface area contributed by atoms with Gasteiger partial charge in [0.25, 0.3) is 0 Å². The number of furan rings is 1. The van der Waals surface area contributed by atoms with Gasteiger partial charge in [-0.1, -0.05) is 141 Å². The lowest BCUT2D eigenvalue weighted by Gasteiger charge is -2.37. The second kappa shape index (κ2) is 15.4. The summed E-state index contributed by atoms with van der Waals surface area (Å²) in [6.45, 7) is 23.0. The van der Waals surface area contributed by atoms with Crippen LogP contribution in [0, 0.1) is 6.92 Å². The van der Waals surface area contributed by atoms with Gasteiger partial charge in [-0.15, -0.1) is 11.3 Å². The Hall–Kier alpha value is -6.79. The summed E-state index contributed by atoms with van der Waals surface area (Å²) < 4.78 is 10.1. The fourth-order valence-corrected chi connectivity index (χ4v) is 11.7. The maximum Gasteiger partial charge on any atom is 0.135 e. The number of aryl methyl sites for hydroxylation is 1. The molecule has 0 amide bonds. The number of nitrogens with zero attached hydrogens (tertiary/aromatic N) is 3. The molecule has 0 spiro atoms. The fourth-order valence-electron chi connectivity index (χ4n) is 10.5. The normalized spacial score (nSPS) is 13.1. The topological polar surface area (TPSA) is 24.6 Å². The molecule has 1 aliphatic heterocycles. The van der Waals surface area contributed by atoms with Crippen molar-refractivity contribution in [3.63, 3.8) is 0 Å². The quantitative estimate of drug-likeness (QED) is 0.172. The van der Waals surface area contributed by atoms with Crippen LogP contribution >= 0.6 is 22.9 Å². The summed E-state index contributed by atoms with van der Waals surface area (Å²) in [6.07, 6.45) is 0. The number of para-hydroxylation sites is 1. The standard InChI is InChI=1S/C63H56ClN3OS/c1-37-28-52(65(43-23-26-57-46(35-43)44-18-14-15-19-56(44)68-57)55-36-69-58-27-20-39(30-48(55)58)38-16-12-11-13-17-38)59(64)53(29-37)66-50-25-22-41(62(5,6)7)33-51(50)67-49-24-21-40(61(2,3)4)31-45(49)47-32-42(63(8,9)10)34-54(66)60(47)67/h11-36H,1-10H3. The van der Waals surface area contributed by atoms with Gasteiger partial charge in [0, 0.05) is 42.7 Å². The Kier molecular flexibility index (Phi) is 9.68. The highest BCUT2D eigenvalue weighted by Crippen LogP contribution is 2.56. The van der Waals surface area contributed by atoms with Gasteiger partial charge < -0.3 is 18.8 Å². The highest BCUT2D eigenvalue weighted by molar-refractivity contribution is 7.17. The van der Waals surface area contributed by atoms with Gasteiger partial charge in [-0.05, 0) is 141 Å². The lowest BCUT2D eigenvalue weighted by atomic mass is 9.84. The monoisotopic (exact) mass is 937 g/mol. The van der Waals surface area contributed by atoms with Crippen LogP contribution in [-0.2, 0) is 16.2 Å². The number of fused-ring (bicyclic) bond motifs is 9. The van der Waals surface area contributed by atoms with Crippen LogP contribution in [0.25, 0.3) is 70.6 Å². The number of anilines is 6. The molecule has 0 atom stereocenters. The van der Waals surface area contributed by atoms with Crippen molar-refractivity contribution in [2.24, 2.45) is 0 Å². The minimum atomic E-state index is -0.129. The van der Waals surface area contributed by atoms with Crippen molar-refractivity contribution in [2.75, 3.05) is 9.80 Å². The summed E-state index contributed by atoms with van der Waals surface area (Å²) in [5.74, 6) is 0. The molecule has 11 aromatic rings. The number of thiophene rings is 1. The fraction of sp³-hybridized carbons (Fsp3) is 0.206. The van der Waals surface area contributed by atoms with E-state index in [0.717, 1.165) is 72.7 Å². The molecule has 4 heterocycles. The molecule has 0 fully saturated rings. The first-order valence-corrected chi connectivity index (χ1v) is 25.3. The maximum absolute atomic E-state index is 8.25. The van der Waals surface area contributed by atoms with Gasteiger partial charge in [-0.3, -0.25) is 0 Å². The molecular weight excluding hydrogens is 882 g/mol. The second-order valence-electron chi connectivity index (χ2n) is 22.2. The van der Waals surface area contributed by atoms with Crippen LogP contribution < -0.4 is 9.80 Å². The minimum Gasteiger partial charge on any atom is -0.456 e. The zero-order chi connectivity index (χ0) is 47.9. The first-order valence-electron chi connectivity index (χ1n) is 24.1. The highest BCUT2D eigenvalue weighted by Gasteiger charge is 2.35. The van der Waals surface area contributed by atoms with Crippen LogP contribution in [0.2, 0.25) is 5.02 Å². The van der Waals surface area contributed by atoms with E-state index in [1.165, 1.54) is 54.3 Å². The molecule has 1 aliphatic rings. The molecule has 4 nitrogen and oxygen atoms in total. The molecule has 0 bridgehead atoms. The van der Waals surface area contributed by atoms with E-state index in [9.17, 15) is 0 Å². The van der Waals surface area contributed by atoms with Crippen LogP contribution in [0.4, 0.5) is 34.1 Å². The first kappa shape index (κ1) is 43.5. The maximum atomic E-state index is 8.25. The van der Waals surface area contributed by atoms with Crippen molar-refractivity contribution in [1.29, 1.82) is 0 Å². The number of halogens is 1. The zero-order valence-electron chi connectivity index (χ0n) is 41.0. The number of benzene rings is 8. The number of rotatable bonds is 5. The van der Waals surface area contributed by atoms with Gasteiger partial charge >= 0.3 is 0 Å². The molecule has 0 aliphatic carbocycles. The Morgan fingerprint density at radius 3 is 1.94 bits per heavy atom. The zero-order valence-corrected chi connectivity index (χ0v) is 42.6. The molecular formula is C63H56ClN3OS. The average molecular weight is 939 g/mol. The Morgan fingerprint density at radius 1 is 0.493 bits per heavy atom. The van der Waals surface area contributed by atoms with Crippen LogP contribution in [-0.4, -0.2) is 4.57 Å². The predicted molar refractivity (Wildman–Crippen MR) is 298 cm³/mol. The molecule has 0 saturated heterocycles. The Morgan fingerprint density at radius 2 is 1.17 bits per heavy atom. The third kappa shape index (κ3) is 6.99. The molecule has 12 rings (SSSR count). The van der Waals surface area contributed by atoms with E-state index < -0.39 is 0 Å². The van der Waals surface area contributed by atoms with Gasteiger partial charge in [0.2, 0.25) is 0 Å². The molecule has 0 radical (unpaired) electrons. The van der Waals surface area contributed by atoms with E-state index in [-0.39, 0.29) is 16.2 Å². The number of aromatic nitrogens is 1. The van der Waals surface area contributed by atoms with E-state index in [1.807, 2.05) is 12.1 Å². The Labute approximate surface area is 414 Å². The van der Waals surface area contributed by atoms with Gasteiger partial charge in [-0.25, -0.2) is 0 Å². The lowest BCUT2D eigenvalue weighted by Crippen LogP contribution is -2.22. The molecule has 0 saturated carbocycles. The van der Waals surface area contributed by atoms with Crippen molar-refractivity contribution in [3.05, 3.63) is 184 Å². The van der Waals surface area contributed by atoms with E-state index in [1.54, 1.807) is 11.3 Å². The van der Waals surface area contributed by atoms with E-state index in [2.05, 4.69) is 229 Å². The first-order chi connectivity index (χ1) is 32.9. The lowest BCUT2D eigenvalue weighted by molar-refractivity contribution is 0.589. The summed E-state index contributed by atoms with van der Waals surface area (Å²) in [7, 11) is 0. The number of hydrogen-bond acceptors (Lipinski definition) is 4. The largest absolute Gasteiger partial charge is 0.456 e. The second-order valence-corrected chi connectivity index (χ2v) is 23.5. The molecule has 0 N–H and O–H groups in total. The molecule has 0 unspecified atom stereocenters. The van der Waals surface area contributed by atoms with Gasteiger partial charge in [0.05, 0.1) is 50.2 Å². The van der Waals surface area contributed by atoms with E-state index in [4.69, 9.17) is 16.0 Å². The molecule has 342 valence electrons. The van der Waals surface area contributed by atoms with Crippen molar-refractivity contribution in [2.45, 2.75) is 85.5 Å². The molecule has 3 aromatic heterocycles. The van der Waals surface area contributed by atoms with E-state index in [0.29, 0.717) is 5.02 Å². The van der Waals surface area contributed by atoms with Crippen molar-refractivity contribution in [1.82, 2.24) is 4.57 Å². The van der Waals surface area contributed by atoms with Crippen LogP contribution in [0.5, 0.6) is 0 Å². The van der Waals surface area contributed by atoms with Crippen molar-refractivity contribution < 1.29 is 4.42 Å². The molecule has 6 heteroatoms. The summed E-state index contributed by atoms with van der Waals surface area (Å²) in [5.41, 5.74) is 18.5. The third-order valence-electron chi connectivity index (χ3n) is 14.3. The summed E-state index contributed by atoms with van der Waals surface area (Å²) in [5, 5.41) is 8.78. The van der Waals surface area contributed by atoms with Crippen molar-refractivity contribution in [3.8, 4) is 16.8 Å². The smallest absolute Gasteiger partial charge is 0.135 e.